The second-order valence-corrected chi connectivity index (χ2v) is 6.73. The van der Waals surface area contributed by atoms with Gasteiger partial charge < -0.3 is 10.1 Å². The van der Waals surface area contributed by atoms with Gasteiger partial charge in [-0.15, -0.1) is 0 Å². The molecule has 0 aromatic heterocycles. The van der Waals surface area contributed by atoms with Crippen molar-refractivity contribution in [3.63, 3.8) is 0 Å². The summed E-state index contributed by atoms with van der Waals surface area (Å²) < 4.78 is 5.12. The van der Waals surface area contributed by atoms with E-state index in [1.807, 2.05) is 24.3 Å². The van der Waals surface area contributed by atoms with Crippen LogP contribution in [0.25, 0.3) is 0 Å². The summed E-state index contributed by atoms with van der Waals surface area (Å²) in [5, 5.41) is 6.31. The van der Waals surface area contributed by atoms with Crippen molar-refractivity contribution in [2.24, 2.45) is 5.10 Å². The van der Waals surface area contributed by atoms with Crippen LogP contribution in [0, 0.1) is 0 Å². The summed E-state index contributed by atoms with van der Waals surface area (Å²) in [6, 6.07) is 14.7. The first-order valence-corrected chi connectivity index (χ1v) is 8.19. The number of nitrogens with one attached hydrogen (secondary N) is 2. The molecule has 2 aromatic carbocycles. The average Bonchev–Trinajstić information content (AvgIpc) is 2.61. The second-order valence-electron chi connectivity index (χ2n) is 6.73. The Hall–Kier alpha value is -3.15. The molecule has 0 aliphatic rings. The van der Waals surface area contributed by atoms with E-state index in [4.69, 9.17) is 4.74 Å². The molecule has 0 saturated heterocycles. The maximum Gasteiger partial charge on any atom is 0.329 e. The molecule has 2 amide bonds. The van der Waals surface area contributed by atoms with Crippen molar-refractivity contribution in [3.8, 4) is 5.75 Å². The van der Waals surface area contributed by atoms with E-state index in [1.54, 1.807) is 24.3 Å². The summed E-state index contributed by atoms with van der Waals surface area (Å²) in [6.07, 6.45) is 1.49. The number of hydrogen-bond acceptors (Lipinski definition) is 4. The van der Waals surface area contributed by atoms with Crippen LogP contribution in [-0.2, 0) is 15.0 Å². The Morgan fingerprint density at radius 3 is 2.27 bits per heavy atom. The number of nitrogens with zero attached hydrogens (tertiary/aromatic N) is 1. The number of benzene rings is 2. The first kappa shape index (κ1) is 19.2. The fourth-order valence-electron chi connectivity index (χ4n) is 2.21. The Bertz CT molecular complexity index is 806. The van der Waals surface area contributed by atoms with Gasteiger partial charge in [-0.2, -0.15) is 5.10 Å². The fraction of sp³-hybridized carbons (Fsp3) is 0.250. The molecule has 0 atom stereocenters. The fourth-order valence-corrected chi connectivity index (χ4v) is 2.21. The molecule has 0 heterocycles. The highest BCUT2D eigenvalue weighted by atomic mass is 16.5. The molecule has 0 saturated carbocycles. The second kappa shape index (κ2) is 8.29. The Kier molecular flexibility index (Phi) is 6.11. The van der Waals surface area contributed by atoms with Crippen LogP contribution in [-0.4, -0.2) is 25.1 Å². The lowest BCUT2D eigenvalue weighted by molar-refractivity contribution is -0.136. The Balaban J connectivity index is 1.93. The molecule has 6 heteroatoms. The van der Waals surface area contributed by atoms with Crippen LogP contribution in [0.4, 0.5) is 5.69 Å². The van der Waals surface area contributed by atoms with E-state index >= 15 is 0 Å². The number of amides is 2. The number of anilines is 1. The van der Waals surface area contributed by atoms with Gasteiger partial charge in [0.1, 0.15) is 5.75 Å². The minimum atomic E-state index is -0.863. The molecule has 0 spiro atoms. The van der Waals surface area contributed by atoms with Crippen molar-refractivity contribution in [2.75, 3.05) is 12.4 Å². The first-order valence-electron chi connectivity index (χ1n) is 8.19. The maximum absolute atomic E-state index is 11.9. The lowest BCUT2D eigenvalue weighted by Crippen LogP contribution is -2.32. The van der Waals surface area contributed by atoms with Crippen LogP contribution in [0.1, 0.15) is 31.9 Å². The Morgan fingerprint density at radius 1 is 1.00 bits per heavy atom. The molecule has 0 radical (unpaired) electrons. The number of ether oxygens (including phenoxy) is 1. The molecule has 2 aromatic rings. The quantitative estimate of drug-likeness (QED) is 0.504. The molecule has 6 nitrogen and oxygen atoms in total. The molecule has 136 valence electrons. The number of para-hydroxylation sites is 2. The van der Waals surface area contributed by atoms with Crippen LogP contribution < -0.4 is 15.5 Å². The summed E-state index contributed by atoms with van der Waals surface area (Å²) in [4.78, 5) is 23.8. The SMILES string of the molecule is COc1ccccc1NC(=O)C(=O)N/N=C/c1ccc(C(C)(C)C)cc1. The van der Waals surface area contributed by atoms with E-state index in [0.29, 0.717) is 11.4 Å². The molecule has 26 heavy (non-hydrogen) atoms. The standard InChI is InChI=1S/C20H23N3O3/c1-20(2,3)15-11-9-14(10-12-15)13-21-23-19(25)18(24)22-16-7-5-6-8-17(16)26-4/h5-13H,1-4H3,(H,22,24)(H,23,25)/b21-13+. The molecule has 0 aliphatic heterocycles. The van der Waals surface area contributed by atoms with Gasteiger partial charge in [0.15, 0.2) is 0 Å². The minimum Gasteiger partial charge on any atom is -0.495 e. The predicted octanol–water partition coefficient (Wildman–Crippen LogP) is 3.08. The van der Waals surface area contributed by atoms with Gasteiger partial charge in [-0.05, 0) is 28.7 Å². The predicted molar refractivity (Wildman–Crippen MR) is 103 cm³/mol. The third kappa shape index (κ3) is 5.17. The van der Waals surface area contributed by atoms with E-state index in [1.165, 1.54) is 18.9 Å². The Labute approximate surface area is 153 Å². The van der Waals surface area contributed by atoms with Crippen LogP contribution in [0.15, 0.2) is 53.6 Å². The number of methoxy groups -OCH3 is 1. The molecule has 0 fully saturated rings. The number of carbonyl (C=O) groups is 2. The molecule has 0 unspecified atom stereocenters. The van der Waals surface area contributed by atoms with Crippen LogP contribution >= 0.6 is 0 Å². The zero-order valence-electron chi connectivity index (χ0n) is 15.4. The van der Waals surface area contributed by atoms with Crippen LogP contribution in [0.3, 0.4) is 0 Å². The van der Waals surface area contributed by atoms with Crippen molar-refractivity contribution in [2.45, 2.75) is 26.2 Å². The smallest absolute Gasteiger partial charge is 0.329 e. The summed E-state index contributed by atoms with van der Waals surface area (Å²) in [7, 11) is 1.49. The van der Waals surface area contributed by atoms with Gasteiger partial charge in [-0.3, -0.25) is 9.59 Å². The minimum absolute atomic E-state index is 0.0699. The third-order valence-electron chi connectivity index (χ3n) is 3.72. The zero-order chi connectivity index (χ0) is 19.2. The monoisotopic (exact) mass is 353 g/mol. The van der Waals surface area contributed by atoms with Gasteiger partial charge in [0.25, 0.3) is 0 Å². The van der Waals surface area contributed by atoms with Crippen LogP contribution in [0.2, 0.25) is 0 Å². The van der Waals surface area contributed by atoms with Gasteiger partial charge in [-0.25, -0.2) is 5.43 Å². The highest BCUT2D eigenvalue weighted by Crippen LogP contribution is 2.23. The number of hydrazone groups is 1. The van der Waals surface area contributed by atoms with E-state index in [-0.39, 0.29) is 5.41 Å². The van der Waals surface area contributed by atoms with Gasteiger partial charge in [-0.1, -0.05) is 57.2 Å². The zero-order valence-corrected chi connectivity index (χ0v) is 15.4. The third-order valence-corrected chi connectivity index (χ3v) is 3.72. The van der Waals surface area contributed by atoms with Gasteiger partial charge in [0.2, 0.25) is 0 Å². The summed E-state index contributed by atoms with van der Waals surface area (Å²) >= 11 is 0. The summed E-state index contributed by atoms with van der Waals surface area (Å²) in [6.45, 7) is 6.41. The number of rotatable bonds is 4. The van der Waals surface area contributed by atoms with E-state index < -0.39 is 11.8 Å². The number of carbonyl (C=O) groups excluding carboxylic acids is 2. The van der Waals surface area contributed by atoms with E-state index in [9.17, 15) is 9.59 Å². The van der Waals surface area contributed by atoms with E-state index in [0.717, 1.165) is 5.56 Å². The van der Waals surface area contributed by atoms with Crippen LogP contribution in [0.5, 0.6) is 5.75 Å². The molecular weight excluding hydrogens is 330 g/mol. The van der Waals surface area contributed by atoms with Gasteiger partial charge in [0, 0.05) is 0 Å². The van der Waals surface area contributed by atoms with E-state index in [2.05, 4.69) is 36.6 Å². The van der Waals surface area contributed by atoms with Crippen molar-refractivity contribution in [3.05, 3.63) is 59.7 Å². The first-order chi connectivity index (χ1) is 12.3. The highest BCUT2D eigenvalue weighted by Gasteiger charge is 2.15. The molecule has 0 bridgehead atoms. The molecule has 2 N–H and O–H groups in total. The van der Waals surface area contributed by atoms with Crippen molar-refractivity contribution in [1.29, 1.82) is 0 Å². The topological polar surface area (TPSA) is 79.8 Å². The normalized spacial score (nSPS) is 11.2. The molecule has 0 aliphatic carbocycles. The molecule has 2 rings (SSSR count). The summed E-state index contributed by atoms with van der Waals surface area (Å²) in [5.41, 5.74) is 4.72. The van der Waals surface area contributed by atoms with Crippen molar-refractivity contribution >= 4 is 23.7 Å². The maximum atomic E-state index is 11.9. The Morgan fingerprint density at radius 2 is 1.65 bits per heavy atom. The average molecular weight is 353 g/mol. The molecular formula is C20H23N3O3. The van der Waals surface area contributed by atoms with Gasteiger partial charge in [0.05, 0.1) is 19.0 Å². The lowest BCUT2D eigenvalue weighted by atomic mass is 9.87. The van der Waals surface area contributed by atoms with Crippen molar-refractivity contribution in [1.82, 2.24) is 5.43 Å². The number of hydrogen-bond donors (Lipinski definition) is 2. The largest absolute Gasteiger partial charge is 0.495 e. The highest BCUT2D eigenvalue weighted by molar-refractivity contribution is 6.39. The van der Waals surface area contributed by atoms with Crippen molar-refractivity contribution < 1.29 is 14.3 Å². The summed E-state index contributed by atoms with van der Waals surface area (Å²) in [5.74, 6) is -1.22. The lowest BCUT2D eigenvalue weighted by Gasteiger charge is -2.18. The van der Waals surface area contributed by atoms with Gasteiger partial charge >= 0.3 is 11.8 Å².